The van der Waals surface area contributed by atoms with Crippen molar-refractivity contribution in [3.63, 3.8) is 0 Å². The van der Waals surface area contributed by atoms with Crippen LogP contribution in [0.1, 0.15) is 24.2 Å². The number of halogens is 1. The maximum atomic E-state index is 13.3. The lowest BCUT2D eigenvalue weighted by Crippen LogP contribution is -2.50. The maximum absolute atomic E-state index is 13.3. The lowest BCUT2D eigenvalue weighted by molar-refractivity contribution is -0.117. The summed E-state index contributed by atoms with van der Waals surface area (Å²) in [5, 5.41) is 4.87. The van der Waals surface area contributed by atoms with Crippen molar-refractivity contribution in [1.29, 1.82) is 0 Å². The Labute approximate surface area is 191 Å². The number of hydrogen-bond acceptors (Lipinski definition) is 7. The van der Waals surface area contributed by atoms with Gasteiger partial charge in [-0.15, -0.1) is 11.3 Å². The van der Waals surface area contributed by atoms with Crippen molar-refractivity contribution in [3.8, 4) is 11.1 Å². The van der Waals surface area contributed by atoms with E-state index in [2.05, 4.69) is 5.32 Å². The Balaban J connectivity index is 1.71. The molecule has 1 N–H and O–H groups in total. The number of nitrogens with one attached hydrogen (secondary N) is 1. The molecular formula is C21H26FN3O5S2. The van der Waals surface area contributed by atoms with Crippen molar-refractivity contribution >= 4 is 38.2 Å². The Morgan fingerprint density at radius 1 is 1.12 bits per heavy atom. The molecule has 32 heavy (non-hydrogen) atoms. The van der Waals surface area contributed by atoms with E-state index in [0.717, 1.165) is 0 Å². The first kappa shape index (κ1) is 24.3. The molecule has 1 saturated heterocycles. The lowest BCUT2D eigenvalue weighted by Gasteiger charge is -2.33. The van der Waals surface area contributed by atoms with Gasteiger partial charge in [0.1, 0.15) is 16.4 Å². The fourth-order valence-corrected chi connectivity index (χ4v) is 5.47. The van der Waals surface area contributed by atoms with E-state index in [9.17, 15) is 22.4 Å². The number of piperazine rings is 1. The zero-order valence-electron chi connectivity index (χ0n) is 18.0. The average molecular weight is 484 g/mol. The summed E-state index contributed by atoms with van der Waals surface area (Å²) >= 11 is 1.19. The molecular weight excluding hydrogens is 457 g/mol. The molecule has 3 rings (SSSR count). The number of carbonyl (C=O) groups is 2. The number of anilines is 1. The van der Waals surface area contributed by atoms with Gasteiger partial charge in [-0.2, -0.15) is 4.31 Å². The Bertz CT molecular complexity index is 1060. The topological polar surface area (TPSA) is 96.0 Å². The number of rotatable bonds is 8. The van der Waals surface area contributed by atoms with Gasteiger partial charge >= 0.3 is 5.97 Å². The highest BCUT2D eigenvalue weighted by Gasteiger charge is 2.27. The molecule has 11 heteroatoms. The standard InChI is InChI=1S/C21H26FN3O5S2/c1-3-30-21(27)19-17(15-5-7-16(22)8-6-15)14-31-20(19)23-18(26)13-24-9-11-25(12-10-24)32(28,29)4-2/h5-8,14H,3-4,9-13H2,1-2H3,(H,23,26). The first-order valence-corrected chi connectivity index (χ1v) is 12.8. The van der Waals surface area contributed by atoms with Crippen LogP contribution < -0.4 is 5.32 Å². The zero-order chi connectivity index (χ0) is 23.3. The van der Waals surface area contributed by atoms with Crippen LogP contribution in [0.3, 0.4) is 0 Å². The van der Waals surface area contributed by atoms with Crippen molar-refractivity contribution in [2.75, 3.05) is 50.4 Å². The molecule has 0 atom stereocenters. The maximum Gasteiger partial charge on any atom is 0.341 e. The van der Waals surface area contributed by atoms with Crippen LogP contribution in [0.2, 0.25) is 0 Å². The number of esters is 1. The Morgan fingerprint density at radius 3 is 2.38 bits per heavy atom. The fourth-order valence-electron chi connectivity index (χ4n) is 3.42. The summed E-state index contributed by atoms with van der Waals surface area (Å²) in [6, 6.07) is 5.74. The van der Waals surface area contributed by atoms with E-state index in [1.165, 1.54) is 27.8 Å². The van der Waals surface area contributed by atoms with Crippen LogP contribution in [0.5, 0.6) is 0 Å². The van der Waals surface area contributed by atoms with Gasteiger partial charge in [0.05, 0.1) is 18.9 Å². The van der Waals surface area contributed by atoms with Crippen molar-refractivity contribution in [2.24, 2.45) is 0 Å². The fraction of sp³-hybridized carbons (Fsp3) is 0.429. The van der Waals surface area contributed by atoms with E-state index in [1.807, 2.05) is 4.90 Å². The van der Waals surface area contributed by atoms with Gasteiger partial charge < -0.3 is 10.1 Å². The molecule has 2 heterocycles. The Hall–Kier alpha value is -2.34. The van der Waals surface area contributed by atoms with Gasteiger partial charge in [-0.05, 0) is 31.5 Å². The minimum absolute atomic E-state index is 0.0545. The monoisotopic (exact) mass is 483 g/mol. The molecule has 1 fully saturated rings. The SMILES string of the molecule is CCOC(=O)c1c(-c2ccc(F)cc2)csc1NC(=O)CN1CCN(S(=O)(=O)CC)CC1. The molecule has 8 nitrogen and oxygen atoms in total. The van der Waals surface area contributed by atoms with Gasteiger partial charge in [-0.3, -0.25) is 9.69 Å². The van der Waals surface area contributed by atoms with Crippen LogP contribution in [-0.4, -0.2) is 74.6 Å². The van der Waals surface area contributed by atoms with Crippen molar-refractivity contribution in [1.82, 2.24) is 9.21 Å². The molecule has 1 aliphatic heterocycles. The van der Waals surface area contributed by atoms with Crippen LogP contribution >= 0.6 is 11.3 Å². The van der Waals surface area contributed by atoms with Crippen molar-refractivity contribution in [2.45, 2.75) is 13.8 Å². The summed E-state index contributed by atoms with van der Waals surface area (Å²) in [6.45, 7) is 5.12. The van der Waals surface area contributed by atoms with Crippen molar-refractivity contribution < 1.29 is 27.1 Å². The second kappa shape index (κ2) is 10.5. The van der Waals surface area contributed by atoms with Gasteiger partial charge in [0, 0.05) is 37.1 Å². The molecule has 0 spiro atoms. The molecule has 0 saturated carbocycles. The molecule has 1 aliphatic rings. The Kier molecular flexibility index (Phi) is 7.99. The van der Waals surface area contributed by atoms with Gasteiger partial charge in [0.15, 0.2) is 0 Å². The van der Waals surface area contributed by atoms with E-state index in [0.29, 0.717) is 42.3 Å². The summed E-state index contributed by atoms with van der Waals surface area (Å²) in [6.07, 6.45) is 0. The average Bonchev–Trinajstić information content (AvgIpc) is 3.18. The molecule has 0 radical (unpaired) electrons. The minimum atomic E-state index is -3.24. The number of ether oxygens (including phenoxy) is 1. The summed E-state index contributed by atoms with van der Waals surface area (Å²) in [5.41, 5.74) is 1.43. The van der Waals surface area contributed by atoms with E-state index >= 15 is 0 Å². The van der Waals surface area contributed by atoms with Crippen LogP contribution in [0.15, 0.2) is 29.6 Å². The molecule has 1 aromatic carbocycles. The van der Waals surface area contributed by atoms with E-state index in [4.69, 9.17) is 4.74 Å². The third-order valence-electron chi connectivity index (χ3n) is 5.14. The normalized spacial score (nSPS) is 15.5. The largest absolute Gasteiger partial charge is 0.462 e. The number of amides is 1. The van der Waals surface area contributed by atoms with Crippen molar-refractivity contribution in [3.05, 3.63) is 41.0 Å². The highest BCUT2D eigenvalue weighted by molar-refractivity contribution is 7.89. The van der Waals surface area contributed by atoms with E-state index < -0.39 is 16.0 Å². The number of carbonyl (C=O) groups excluding carboxylic acids is 2. The first-order valence-electron chi connectivity index (χ1n) is 10.3. The van der Waals surface area contributed by atoms with Gasteiger partial charge in [0.2, 0.25) is 15.9 Å². The van der Waals surface area contributed by atoms with E-state index in [1.54, 1.807) is 31.4 Å². The van der Waals surface area contributed by atoms with Crippen LogP contribution in [0, 0.1) is 5.82 Å². The van der Waals surface area contributed by atoms with Crippen LogP contribution in [0.25, 0.3) is 11.1 Å². The molecule has 1 aromatic heterocycles. The predicted octanol–water partition coefficient (Wildman–Crippen LogP) is 2.64. The predicted molar refractivity (Wildman–Crippen MR) is 122 cm³/mol. The number of hydrogen-bond donors (Lipinski definition) is 1. The smallest absolute Gasteiger partial charge is 0.341 e. The number of thiophene rings is 1. The van der Waals surface area contributed by atoms with Gasteiger partial charge in [-0.1, -0.05) is 12.1 Å². The summed E-state index contributed by atoms with van der Waals surface area (Å²) in [7, 11) is -3.24. The minimum Gasteiger partial charge on any atom is -0.462 e. The number of sulfonamides is 1. The molecule has 2 aromatic rings. The van der Waals surface area contributed by atoms with Gasteiger partial charge in [-0.25, -0.2) is 17.6 Å². The Morgan fingerprint density at radius 2 is 1.78 bits per heavy atom. The number of benzene rings is 1. The molecule has 174 valence electrons. The van der Waals surface area contributed by atoms with Gasteiger partial charge in [0.25, 0.3) is 0 Å². The third kappa shape index (κ3) is 5.71. The molecule has 0 bridgehead atoms. The van der Waals surface area contributed by atoms with E-state index in [-0.39, 0.29) is 36.2 Å². The quantitative estimate of drug-likeness (QED) is 0.580. The second-order valence-electron chi connectivity index (χ2n) is 7.20. The van der Waals surface area contributed by atoms with Crippen LogP contribution in [-0.2, 0) is 19.6 Å². The molecule has 0 unspecified atom stereocenters. The highest BCUT2D eigenvalue weighted by Crippen LogP contribution is 2.36. The lowest BCUT2D eigenvalue weighted by atomic mass is 10.0. The molecule has 1 amide bonds. The number of nitrogens with zero attached hydrogens (tertiary/aromatic N) is 2. The third-order valence-corrected chi connectivity index (χ3v) is 7.91. The highest BCUT2D eigenvalue weighted by atomic mass is 32.2. The van der Waals surface area contributed by atoms with Crippen LogP contribution in [0.4, 0.5) is 9.39 Å². The zero-order valence-corrected chi connectivity index (χ0v) is 19.6. The molecule has 0 aliphatic carbocycles. The second-order valence-corrected chi connectivity index (χ2v) is 10.3. The summed E-state index contributed by atoms with van der Waals surface area (Å²) in [4.78, 5) is 27.1. The summed E-state index contributed by atoms with van der Waals surface area (Å²) < 4.78 is 43.9. The summed E-state index contributed by atoms with van der Waals surface area (Å²) in [5.74, 6) is -1.21. The first-order chi connectivity index (χ1) is 15.2.